The molecule has 1 aromatic carbocycles. The Hall–Kier alpha value is -1.26. The second kappa shape index (κ2) is 6.61. The predicted molar refractivity (Wildman–Crippen MR) is 73.3 cm³/mol. The van der Waals surface area contributed by atoms with E-state index in [0.717, 1.165) is 30.0 Å². The van der Waals surface area contributed by atoms with Crippen LogP contribution in [0.2, 0.25) is 0 Å². The van der Waals surface area contributed by atoms with Crippen LogP contribution in [0.25, 0.3) is 0 Å². The molecule has 4 heteroatoms. The van der Waals surface area contributed by atoms with Crippen LogP contribution in [0.5, 0.6) is 0 Å². The monoisotopic (exact) mass is 264 g/mol. The van der Waals surface area contributed by atoms with Crippen molar-refractivity contribution < 1.29 is 4.39 Å². The highest BCUT2D eigenvalue weighted by Crippen LogP contribution is 2.22. The van der Waals surface area contributed by atoms with E-state index in [9.17, 15) is 4.39 Å². The van der Waals surface area contributed by atoms with Crippen molar-refractivity contribution in [1.29, 1.82) is 0 Å². The van der Waals surface area contributed by atoms with E-state index in [2.05, 4.69) is 17.2 Å². The molecule has 0 fully saturated rings. The topological polar surface area (TPSA) is 24.9 Å². The van der Waals surface area contributed by atoms with Gasteiger partial charge in [-0.25, -0.2) is 9.37 Å². The summed E-state index contributed by atoms with van der Waals surface area (Å²) in [5, 5.41) is 6.38. The van der Waals surface area contributed by atoms with Crippen molar-refractivity contribution in [3.63, 3.8) is 0 Å². The molecule has 0 amide bonds. The van der Waals surface area contributed by atoms with Crippen molar-refractivity contribution in [2.75, 3.05) is 6.54 Å². The Kier molecular flexibility index (Phi) is 4.84. The number of hydrogen-bond acceptors (Lipinski definition) is 3. The molecule has 0 radical (unpaired) electrons. The van der Waals surface area contributed by atoms with E-state index in [0.29, 0.717) is 0 Å². The molecule has 1 heterocycles. The molecule has 0 aliphatic carbocycles. The lowest BCUT2D eigenvalue weighted by atomic mass is 10.0. The molecular weight excluding hydrogens is 247 g/mol. The van der Waals surface area contributed by atoms with Crippen LogP contribution in [0, 0.1) is 5.82 Å². The largest absolute Gasteiger partial charge is 0.309 e. The van der Waals surface area contributed by atoms with Crippen molar-refractivity contribution in [3.8, 4) is 0 Å². The number of aromatic nitrogens is 1. The van der Waals surface area contributed by atoms with Crippen LogP contribution in [0.3, 0.4) is 0 Å². The number of rotatable bonds is 6. The molecule has 96 valence electrons. The first-order chi connectivity index (χ1) is 8.81. The standard InChI is InChI=1S/C14H17FN2S/c1-2-7-16-13(10-14-17-8-9-18-14)11-5-3-4-6-12(11)15/h3-6,8-9,13,16H,2,7,10H2,1H3. The first-order valence-corrected chi connectivity index (χ1v) is 7.05. The summed E-state index contributed by atoms with van der Waals surface area (Å²) < 4.78 is 13.8. The third-order valence-electron chi connectivity index (χ3n) is 2.78. The number of nitrogens with one attached hydrogen (secondary N) is 1. The van der Waals surface area contributed by atoms with Crippen LogP contribution in [0.1, 0.15) is 30.0 Å². The zero-order valence-electron chi connectivity index (χ0n) is 10.4. The molecule has 0 saturated carbocycles. The molecule has 0 bridgehead atoms. The molecule has 0 aliphatic heterocycles. The van der Waals surface area contributed by atoms with Crippen LogP contribution >= 0.6 is 11.3 Å². The van der Waals surface area contributed by atoms with Crippen molar-refractivity contribution in [2.45, 2.75) is 25.8 Å². The highest BCUT2D eigenvalue weighted by molar-refractivity contribution is 7.09. The fraction of sp³-hybridized carbons (Fsp3) is 0.357. The molecule has 18 heavy (non-hydrogen) atoms. The van der Waals surface area contributed by atoms with Crippen molar-refractivity contribution >= 4 is 11.3 Å². The maximum absolute atomic E-state index is 13.8. The molecule has 2 nitrogen and oxygen atoms in total. The summed E-state index contributed by atoms with van der Waals surface area (Å²) in [6.07, 6.45) is 3.56. The fourth-order valence-corrected chi connectivity index (χ4v) is 2.56. The third-order valence-corrected chi connectivity index (χ3v) is 3.59. The smallest absolute Gasteiger partial charge is 0.127 e. The summed E-state index contributed by atoms with van der Waals surface area (Å²) >= 11 is 1.61. The van der Waals surface area contributed by atoms with Gasteiger partial charge in [0.1, 0.15) is 5.82 Å². The van der Waals surface area contributed by atoms with Gasteiger partial charge in [0.05, 0.1) is 5.01 Å². The van der Waals surface area contributed by atoms with E-state index in [1.165, 1.54) is 6.07 Å². The molecule has 0 saturated heterocycles. The van der Waals surface area contributed by atoms with Crippen molar-refractivity contribution in [3.05, 3.63) is 52.2 Å². The van der Waals surface area contributed by atoms with Crippen LogP contribution in [-0.2, 0) is 6.42 Å². The Labute approximate surface area is 111 Å². The molecule has 2 rings (SSSR count). The maximum atomic E-state index is 13.8. The SMILES string of the molecule is CCCNC(Cc1nccs1)c1ccccc1F. The fourth-order valence-electron chi connectivity index (χ4n) is 1.90. The van der Waals surface area contributed by atoms with Crippen LogP contribution in [0.4, 0.5) is 4.39 Å². The van der Waals surface area contributed by atoms with Gasteiger partial charge in [-0.05, 0) is 19.0 Å². The summed E-state index contributed by atoms with van der Waals surface area (Å²) in [5.74, 6) is -0.150. The number of benzene rings is 1. The lowest BCUT2D eigenvalue weighted by Gasteiger charge is -2.18. The summed E-state index contributed by atoms with van der Waals surface area (Å²) in [4.78, 5) is 4.28. The van der Waals surface area contributed by atoms with E-state index in [1.807, 2.05) is 17.5 Å². The number of thiazole rings is 1. The average molecular weight is 264 g/mol. The lowest BCUT2D eigenvalue weighted by molar-refractivity contribution is 0.496. The van der Waals surface area contributed by atoms with Gasteiger partial charge in [-0.2, -0.15) is 0 Å². The Balaban J connectivity index is 2.16. The second-order valence-electron chi connectivity index (χ2n) is 4.16. The molecule has 1 aromatic heterocycles. The van der Waals surface area contributed by atoms with Crippen LogP contribution < -0.4 is 5.32 Å². The first kappa shape index (κ1) is 13.2. The van der Waals surface area contributed by atoms with Gasteiger partial charge >= 0.3 is 0 Å². The highest BCUT2D eigenvalue weighted by Gasteiger charge is 2.16. The zero-order valence-corrected chi connectivity index (χ0v) is 11.2. The number of nitrogens with zero attached hydrogens (tertiary/aromatic N) is 1. The van der Waals surface area contributed by atoms with Crippen molar-refractivity contribution in [1.82, 2.24) is 10.3 Å². The molecule has 0 aliphatic rings. The zero-order chi connectivity index (χ0) is 12.8. The van der Waals surface area contributed by atoms with E-state index in [1.54, 1.807) is 23.6 Å². The minimum absolute atomic E-state index is 0.00250. The summed E-state index contributed by atoms with van der Waals surface area (Å²) in [6, 6.07) is 6.95. The van der Waals surface area contributed by atoms with Gasteiger partial charge in [-0.1, -0.05) is 25.1 Å². The highest BCUT2D eigenvalue weighted by atomic mass is 32.1. The number of hydrogen-bond donors (Lipinski definition) is 1. The first-order valence-electron chi connectivity index (χ1n) is 6.17. The molecule has 2 aromatic rings. The maximum Gasteiger partial charge on any atom is 0.127 e. The van der Waals surface area contributed by atoms with Crippen LogP contribution in [-0.4, -0.2) is 11.5 Å². The van der Waals surface area contributed by atoms with E-state index in [4.69, 9.17) is 0 Å². The summed E-state index contributed by atoms with van der Waals surface area (Å²) in [6.45, 7) is 2.99. The molecule has 1 atom stereocenters. The van der Waals surface area contributed by atoms with Crippen LogP contribution in [0.15, 0.2) is 35.8 Å². The molecule has 1 unspecified atom stereocenters. The Morgan fingerprint density at radius 3 is 2.89 bits per heavy atom. The van der Waals surface area contributed by atoms with E-state index >= 15 is 0 Å². The van der Waals surface area contributed by atoms with Gasteiger partial charge in [-0.3, -0.25) is 0 Å². The normalized spacial score (nSPS) is 12.6. The third kappa shape index (κ3) is 3.37. The Morgan fingerprint density at radius 1 is 1.39 bits per heavy atom. The van der Waals surface area contributed by atoms with E-state index in [-0.39, 0.29) is 11.9 Å². The van der Waals surface area contributed by atoms with E-state index < -0.39 is 0 Å². The molecule has 0 spiro atoms. The van der Waals surface area contributed by atoms with Gasteiger partial charge in [0.2, 0.25) is 0 Å². The van der Waals surface area contributed by atoms with Gasteiger partial charge in [0.15, 0.2) is 0 Å². The summed E-state index contributed by atoms with van der Waals surface area (Å²) in [7, 11) is 0. The molecule has 1 N–H and O–H groups in total. The lowest BCUT2D eigenvalue weighted by Crippen LogP contribution is -2.25. The Morgan fingerprint density at radius 2 is 2.22 bits per heavy atom. The molecular formula is C14H17FN2S. The number of halogens is 1. The minimum atomic E-state index is -0.150. The van der Waals surface area contributed by atoms with Gasteiger partial charge in [0.25, 0.3) is 0 Å². The average Bonchev–Trinajstić information content (AvgIpc) is 2.88. The summed E-state index contributed by atoms with van der Waals surface area (Å²) in [5.41, 5.74) is 0.723. The quantitative estimate of drug-likeness (QED) is 0.863. The predicted octanol–water partition coefficient (Wildman–Crippen LogP) is 3.57. The minimum Gasteiger partial charge on any atom is -0.309 e. The van der Waals surface area contributed by atoms with Gasteiger partial charge in [0, 0.05) is 29.6 Å². The second-order valence-corrected chi connectivity index (χ2v) is 5.14. The Bertz CT molecular complexity index is 470. The van der Waals surface area contributed by atoms with Gasteiger partial charge < -0.3 is 5.32 Å². The van der Waals surface area contributed by atoms with Gasteiger partial charge in [-0.15, -0.1) is 11.3 Å². The van der Waals surface area contributed by atoms with Crippen molar-refractivity contribution in [2.24, 2.45) is 0 Å².